The van der Waals surface area contributed by atoms with Crippen molar-refractivity contribution in [3.8, 4) is 0 Å². The van der Waals surface area contributed by atoms with Crippen LogP contribution in [0.3, 0.4) is 0 Å². The fourth-order valence-corrected chi connectivity index (χ4v) is 3.30. The Labute approximate surface area is 124 Å². The molecule has 0 radical (unpaired) electrons. The van der Waals surface area contributed by atoms with Crippen molar-refractivity contribution in [2.75, 3.05) is 4.72 Å². The quantitative estimate of drug-likeness (QED) is 0.911. The number of hydrogen-bond acceptors (Lipinski definition) is 4. The first kappa shape index (κ1) is 14.2. The zero-order valence-corrected chi connectivity index (χ0v) is 12.9. The Bertz CT molecular complexity index is 704. The molecule has 0 amide bonds. The van der Waals surface area contributed by atoms with Crippen LogP contribution in [-0.2, 0) is 10.0 Å². The smallest absolute Gasteiger partial charge is 0.262 e. The molecule has 2 rings (SSSR count). The standard InChI is InChI=1S/C11H9BrClN3O2S/c1-7-2-3-8(12)4-9(7)19(17,18)16-11-6-14-10(13)5-15-11/h2-6H,1H3,(H,15,16). The summed E-state index contributed by atoms with van der Waals surface area (Å²) in [4.78, 5) is 7.79. The van der Waals surface area contributed by atoms with Crippen molar-refractivity contribution >= 4 is 43.4 Å². The van der Waals surface area contributed by atoms with Crippen LogP contribution in [0.15, 0.2) is 40.0 Å². The van der Waals surface area contributed by atoms with Crippen LogP contribution in [0.2, 0.25) is 5.15 Å². The van der Waals surface area contributed by atoms with Gasteiger partial charge in [0.2, 0.25) is 0 Å². The van der Waals surface area contributed by atoms with E-state index in [4.69, 9.17) is 11.6 Å². The van der Waals surface area contributed by atoms with Crippen LogP contribution in [0.1, 0.15) is 5.56 Å². The summed E-state index contributed by atoms with van der Waals surface area (Å²) in [5, 5.41) is 0.196. The molecular formula is C11H9BrClN3O2S. The van der Waals surface area contributed by atoms with E-state index in [9.17, 15) is 8.42 Å². The highest BCUT2D eigenvalue weighted by atomic mass is 79.9. The van der Waals surface area contributed by atoms with Gasteiger partial charge in [0.05, 0.1) is 17.3 Å². The number of anilines is 1. The largest absolute Gasteiger partial charge is 0.263 e. The Hall–Kier alpha value is -1.18. The summed E-state index contributed by atoms with van der Waals surface area (Å²) >= 11 is 8.83. The summed E-state index contributed by atoms with van der Waals surface area (Å²) in [5.74, 6) is 0.115. The van der Waals surface area contributed by atoms with Crippen LogP contribution >= 0.6 is 27.5 Å². The zero-order valence-electron chi connectivity index (χ0n) is 9.76. The third-order valence-corrected chi connectivity index (χ3v) is 4.48. The van der Waals surface area contributed by atoms with E-state index in [0.717, 1.165) is 0 Å². The highest BCUT2D eigenvalue weighted by Gasteiger charge is 2.18. The van der Waals surface area contributed by atoms with E-state index in [2.05, 4.69) is 30.6 Å². The molecule has 2 aromatic rings. The maximum Gasteiger partial charge on any atom is 0.263 e. The maximum absolute atomic E-state index is 12.2. The molecule has 1 aromatic heterocycles. The van der Waals surface area contributed by atoms with Gasteiger partial charge < -0.3 is 0 Å². The minimum absolute atomic E-state index is 0.115. The molecule has 0 aliphatic carbocycles. The molecule has 0 aliphatic heterocycles. The zero-order chi connectivity index (χ0) is 14.0. The molecule has 0 saturated heterocycles. The predicted octanol–water partition coefficient (Wildman–Crippen LogP) is 3.00. The summed E-state index contributed by atoms with van der Waals surface area (Å²) in [6, 6.07) is 5.02. The third kappa shape index (κ3) is 3.43. The second-order valence-electron chi connectivity index (χ2n) is 3.74. The molecule has 0 saturated carbocycles. The minimum Gasteiger partial charge on any atom is -0.262 e. The minimum atomic E-state index is -3.70. The number of aryl methyl sites for hydroxylation is 1. The Kier molecular flexibility index (Phi) is 4.07. The number of hydrogen-bond donors (Lipinski definition) is 1. The van der Waals surface area contributed by atoms with Gasteiger partial charge in [0.25, 0.3) is 10.0 Å². The Balaban J connectivity index is 2.37. The number of aromatic nitrogens is 2. The lowest BCUT2D eigenvalue weighted by molar-refractivity contribution is 0.600. The van der Waals surface area contributed by atoms with Crippen LogP contribution in [0.25, 0.3) is 0 Å². The highest BCUT2D eigenvalue weighted by molar-refractivity contribution is 9.10. The number of benzene rings is 1. The van der Waals surface area contributed by atoms with E-state index in [-0.39, 0.29) is 15.9 Å². The van der Waals surface area contributed by atoms with E-state index in [0.29, 0.717) is 10.0 Å². The Morgan fingerprint density at radius 1 is 1.26 bits per heavy atom. The molecule has 0 spiro atoms. The van der Waals surface area contributed by atoms with Crippen LogP contribution in [0.5, 0.6) is 0 Å². The molecule has 100 valence electrons. The fourth-order valence-electron chi connectivity index (χ4n) is 1.42. The lowest BCUT2D eigenvalue weighted by atomic mass is 10.2. The SMILES string of the molecule is Cc1ccc(Br)cc1S(=O)(=O)Nc1cnc(Cl)cn1. The highest BCUT2D eigenvalue weighted by Crippen LogP contribution is 2.22. The van der Waals surface area contributed by atoms with Crippen molar-refractivity contribution in [1.82, 2.24) is 9.97 Å². The second kappa shape index (κ2) is 5.44. The first-order chi connectivity index (χ1) is 8.88. The molecule has 1 aromatic carbocycles. The molecule has 8 heteroatoms. The number of rotatable bonds is 3. The monoisotopic (exact) mass is 361 g/mol. The van der Waals surface area contributed by atoms with Crippen LogP contribution < -0.4 is 4.72 Å². The first-order valence-corrected chi connectivity index (χ1v) is 7.80. The van der Waals surface area contributed by atoms with Crippen molar-refractivity contribution in [3.63, 3.8) is 0 Å². The van der Waals surface area contributed by atoms with Crippen LogP contribution in [0, 0.1) is 6.92 Å². The molecule has 19 heavy (non-hydrogen) atoms. The van der Waals surface area contributed by atoms with Gasteiger partial charge >= 0.3 is 0 Å². The van der Waals surface area contributed by atoms with Gasteiger partial charge in [-0.2, -0.15) is 0 Å². The predicted molar refractivity (Wildman–Crippen MR) is 76.7 cm³/mol. The van der Waals surface area contributed by atoms with Crippen LogP contribution in [-0.4, -0.2) is 18.4 Å². The summed E-state index contributed by atoms with van der Waals surface area (Å²) < 4.78 is 27.5. The van der Waals surface area contributed by atoms with Gasteiger partial charge in [0, 0.05) is 4.47 Å². The Morgan fingerprint density at radius 2 is 2.00 bits per heavy atom. The molecule has 0 unspecified atom stereocenters. The molecule has 1 N–H and O–H groups in total. The van der Waals surface area contributed by atoms with E-state index in [1.54, 1.807) is 19.1 Å². The number of sulfonamides is 1. The lowest BCUT2D eigenvalue weighted by Gasteiger charge is -2.09. The van der Waals surface area contributed by atoms with Gasteiger partial charge in [-0.3, -0.25) is 4.72 Å². The summed E-state index contributed by atoms with van der Waals surface area (Å²) in [6.07, 6.45) is 2.53. The van der Waals surface area contributed by atoms with Crippen LogP contribution in [0.4, 0.5) is 5.82 Å². The van der Waals surface area contributed by atoms with Gasteiger partial charge in [-0.15, -0.1) is 0 Å². The molecular weight excluding hydrogens is 354 g/mol. The van der Waals surface area contributed by atoms with Gasteiger partial charge in [-0.25, -0.2) is 18.4 Å². The molecule has 0 fully saturated rings. The summed E-state index contributed by atoms with van der Waals surface area (Å²) in [6.45, 7) is 1.72. The van der Waals surface area contributed by atoms with Crippen molar-refractivity contribution in [1.29, 1.82) is 0 Å². The van der Waals surface area contributed by atoms with E-state index >= 15 is 0 Å². The average molecular weight is 363 g/mol. The van der Waals surface area contributed by atoms with Crippen molar-refractivity contribution < 1.29 is 8.42 Å². The van der Waals surface area contributed by atoms with E-state index in [1.165, 1.54) is 18.5 Å². The topological polar surface area (TPSA) is 72.0 Å². The second-order valence-corrected chi connectivity index (χ2v) is 6.69. The number of nitrogens with one attached hydrogen (secondary N) is 1. The van der Waals surface area contributed by atoms with E-state index < -0.39 is 10.0 Å². The van der Waals surface area contributed by atoms with Gasteiger partial charge in [-0.1, -0.05) is 33.6 Å². The summed E-state index contributed by atoms with van der Waals surface area (Å²) in [7, 11) is -3.70. The van der Waals surface area contributed by atoms with Gasteiger partial charge in [0.15, 0.2) is 5.82 Å². The van der Waals surface area contributed by atoms with Gasteiger partial charge in [-0.05, 0) is 24.6 Å². The van der Waals surface area contributed by atoms with Crippen molar-refractivity contribution in [2.45, 2.75) is 11.8 Å². The average Bonchev–Trinajstić information content (AvgIpc) is 2.35. The Morgan fingerprint density at radius 3 is 2.63 bits per heavy atom. The van der Waals surface area contributed by atoms with Crippen molar-refractivity contribution in [3.05, 3.63) is 45.8 Å². The fraction of sp³-hybridized carbons (Fsp3) is 0.0909. The van der Waals surface area contributed by atoms with E-state index in [1.807, 2.05) is 0 Å². The molecule has 0 bridgehead atoms. The first-order valence-electron chi connectivity index (χ1n) is 5.15. The summed E-state index contributed by atoms with van der Waals surface area (Å²) in [5.41, 5.74) is 0.637. The molecule has 1 heterocycles. The molecule has 5 nitrogen and oxygen atoms in total. The normalized spacial score (nSPS) is 11.3. The molecule has 0 aliphatic rings. The number of nitrogens with zero attached hydrogens (tertiary/aromatic N) is 2. The third-order valence-electron chi connectivity index (χ3n) is 2.30. The lowest BCUT2D eigenvalue weighted by Crippen LogP contribution is -2.15. The number of halogens is 2. The van der Waals surface area contributed by atoms with Crippen molar-refractivity contribution in [2.24, 2.45) is 0 Å². The van der Waals surface area contributed by atoms with Gasteiger partial charge in [0.1, 0.15) is 5.15 Å². The molecule has 0 atom stereocenters. The maximum atomic E-state index is 12.2.